The predicted molar refractivity (Wildman–Crippen MR) is 66.7 cm³/mol. The predicted octanol–water partition coefficient (Wildman–Crippen LogP) is 2.64. The van der Waals surface area contributed by atoms with Crippen molar-refractivity contribution in [2.45, 2.75) is 57.9 Å². The number of fused-ring (bicyclic) bond motifs is 2. The molecule has 0 aromatic carbocycles. The summed E-state index contributed by atoms with van der Waals surface area (Å²) in [7, 11) is 0. The van der Waals surface area contributed by atoms with Crippen molar-refractivity contribution in [3.05, 3.63) is 17.5 Å². The Balaban J connectivity index is 2.13. The van der Waals surface area contributed by atoms with Crippen LogP contribution in [0.15, 0.2) is 10.7 Å². The summed E-state index contributed by atoms with van der Waals surface area (Å²) >= 11 is 0. The van der Waals surface area contributed by atoms with Gasteiger partial charge >= 0.3 is 0 Å². The van der Waals surface area contributed by atoms with Crippen molar-refractivity contribution in [2.24, 2.45) is 17.1 Å². The van der Waals surface area contributed by atoms with Crippen molar-refractivity contribution in [3.8, 4) is 0 Å². The molecule has 1 aromatic rings. The highest BCUT2D eigenvalue weighted by Gasteiger charge is 2.54. The van der Waals surface area contributed by atoms with Gasteiger partial charge < -0.3 is 10.3 Å². The normalized spacial score (nSPS) is 39.5. The molecule has 2 aliphatic carbocycles. The SMILES string of the molecule is CC1(C)c2oncc2C[C@]2(C)C(N)CCC[C@@H]12. The largest absolute Gasteiger partial charge is 0.361 e. The molecule has 0 radical (unpaired) electrons. The minimum atomic E-state index is 0.0663. The maximum atomic E-state index is 6.42. The molecule has 17 heavy (non-hydrogen) atoms. The van der Waals surface area contributed by atoms with Gasteiger partial charge in [0.1, 0.15) is 5.76 Å². The van der Waals surface area contributed by atoms with Crippen LogP contribution in [-0.2, 0) is 11.8 Å². The molecule has 94 valence electrons. The van der Waals surface area contributed by atoms with E-state index in [-0.39, 0.29) is 10.8 Å². The Bertz CT molecular complexity index is 437. The third-order valence-electron chi connectivity index (χ3n) is 5.32. The van der Waals surface area contributed by atoms with Crippen LogP contribution in [0.3, 0.4) is 0 Å². The van der Waals surface area contributed by atoms with Gasteiger partial charge in [0.25, 0.3) is 0 Å². The zero-order chi connectivity index (χ0) is 12.3. The summed E-state index contributed by atoms with van der Waals surface area (Å²) in [4.78, 5) is 0. The van der Waals surface area contributed by atoms with E-state index in [4.69, 9.17) is 10.3 Å². The highest BCUT2D eigenvalue weighted by Crippen LogP contribution is 2.56. The van der Waals surface area contributed by atoms with Gasteiger partial charge in [0.05, 0.1) is 6.20 Å². The second kappa shape index (κ2) is 3.35. The summed E-state index contributed by atoms with van der Waals surface area (Å²) in [5.74, 6) is 1.70. The quantitative estimate of drug-likeness (QED) is 0.750. The van der Waals surface area contributed by atoms with Crippen LogP contribution >= 0.6 is 0 Å². The minimum Gasteiger partial charge on any atom is -0.361 e. The van der Waals surface area contributed by atoms with Crippen molar-refractivity contribution in [1.29, 1.82) is 0 Å². The van der Waals surface area contributed by atoms with Crippen LogP contribution in [-0.4, -0.2) is 11.2 Å². The summed E-state index contributed by atoms with van der Waals surface area (Å²) in [6.07, 6.45) is 6.58. The summed E-state index contributed by atoms with van der Waals surface area (Å²) in [5, 5.41) is 4.00. The van der Waals surface area contributed by atoms with E-state index >= 15 is 0 Å². The first-order chi connectivity index (χ1) is 7.96. The fourth-order valence-electron chi connectivity index (χ4n) is 4.39. The van der Waals surface area contributed by atoms with Crippen LogP contribution in [0.25, 0.3) is 0 Å². The van der Waals surface area contributed by atoms with Gasteiger partial charge in [-0.05, 0) is 30.6 Å². The monoisotopic (exact) mass is 234 g/mol. The number of hydrogen-bond donors (Lipinski definition) is 1. The maximum absolute atomic E-state index is 6.42. The first-order valence-corrected chi connectivity index (χ1v) is 6.66. The van der Waals surface area contributed by atoms with Gasteiger partial charge in [-0.25, -0.2) is 0 Å². The lowest BCUT2D eigenvalue weighted by molar-refractivity contribution is 0.0108. The molecule has 1 fully saturated rings. The minimum absolute atomic E-state index is 0.0663. The van der Waals surface area contributed by atoms with E-state index in [0.717, 1.165) is 18.6 Å². The van der Waals surface area contributed by atoms with Gasteiger partial charge in [-0.3, -0.25) is 0 Å². The standard InChI is InChI=1S/C14H22N2O/c1-13(2)10-5-4-6-11(15)14(10,3)7-9-8-16-17-12(9)13/h8,10-11H,4-7,15H2,1-3H3/t10-,11?,14-/m0/s1. The topological polar surface area (TPSA) is 52.0 Å². The fraction of sp³-hybridized carbons (Fsp3) is 0.786. The number of nitrogens with two attached hydrogens (primary N) is 1. The molecule has 1 heterocycles. The molecule has 0 aliphatic heterocycles. The Morgan fingerprint density at radius 2 is 2.12 bits per heavy atom. The van der Waals surface area contributed by atoms with E-state index in [1.807, 2.05) is 6.20 Å². The zero-order valence-electron chi connectivity index (χ0n) is 11.0. The molecule has 2 N–H and O–H groups in total. The summed E-state index contributed by atoms with van der Waals surface area (Å²) in [6.45, 7) is 6.94. The van der Waals surface area contributed by atoms with E-state index in [2.05, 4.69) is 25.9 Å². The summed E-state index contributed by atoms with van der Waals surface area (Å²) in [5.41, 5.74) is 7.96. The molecule has 0 spiro atoms. The average Bonchev–Trinajstić information content (AvgIpc) is 2.69. The molecule has 0 amide bonds. The molecule has 1 saturated carbocycles. The van der Waals surface area contributed by atoms with Crippen molar-refractivity contribution in [2.75, 3.05) is 0 Å². The second-order valence-corrected chi connectivity index (χ2v) is 6.67. The van der Waals surface area contributed by atoms with E-state index < -0.39 is 0 Å². The van der Waals surface area contributed by atoms with Crippen LogP contribution in [0.1, 0.15) is 51.4 Å². The van der Waals surface area contributed by atoms with E-state index in [9.17, 15) is 0 Å². The Hall–Kier alpha value is -0.830. The third kappa shape index (κ3) is 1.35. The number of hydrogen-bond acceptors (Lipinski definition) is 3. The highest BCUT2D eigenvalue weighted by molar-refractivity contribution is 5.31. The molecule has 3 atom stereocenters. The van der Waals surface area contributed by atoms with Gasteiger partial charge in [0, 0.05) is 17.0 Å². The van der Waals surface area contributed by atoms with Gasteiger partial charge in [-0.1, -0.05) is 32.3 Å². The first-order valence-electron chi connectivity index (χ1n) is 6.66. The molecule has 3 heteroatoms. The third-order valence-corrected chi connectivity index (χ3v) is 5.32. The first kappa shape index (κ1) is 11.3. The molecule has 0 bridgehead atoms. The maximum Gasteiger partial charge on any atom is 0.145 e. The van der Waals surface area contributed by atoms with Gasteiger partial charge in [-0.2, -0.15) is 0 Å². The van der Waals surface area contributed by atoms with Crippen molar-refractivity contribution >= 4 is 0 Å². The van der Waals surface area contributed by atoms with Crippen molar-refractivity contribution in [3.63, 3.8) is 0 Å². The lowest BCUT2D eigenvalue weighted by Gasteiger charge is -2.54. The molecule has 3 rings (SSSR count). The molecule has 3 nitrogen and oxygen atoms in total. The number of nitrogens with zero attached hydrogens (tertiary/aromatic N) is 1. The Morgan fingerprint density at radius 3 is 2.88 bits per heavy atom. The van der Waals surface area contributed by atoms with E-state index in [0.29, 0.717) is 12.0 Å². The molecule has 1 unspecified atom stereocenters. The van der Waals surface area contributed by atoms with Gasteiger partial charge in [0.2, 0.25) is 0 Å². The van der Waals surface area contributed by atoms with Gasteiger partial charge in [-0.15, -0.1) is 0 Å². The van der Waals surface area contributed by atoms with Crippen molar-refractivity contribution in [1.82, 2.24) is 5.16 Å². The van der Waals surface area contributed by atoms with Crippen LogP contribution in [0.5, 0.6) is 0 Å². The van der Waals surface area contributed by atoms with Gasteiger partial charge in [0.15, 0.2) is 0 Å². The van der Waals surface area contributed by atoms with E-state index in [1.54, 1.807) is 0 Å². The number of rotatable bonds is 0. The summed E-state index contributed by atoms with van der Waals surface area (Å²) in [6, 6.07) is 0.309. The molecular formula is C14H22N2O. The lowest BCUT2D eigenvalue weighted by Crippen LogP contribution is -2.57. The molecule has 2 aliphatic rings. The van der Waals surface area contributed by atoms with Crippen molar-refractivity contribution < 1.29 is 4.52 Å². The van der Waals surface area contributed by atoms with E-state index in [1.165, 1.54) is 18.4 Å². The fourth-order valence-corrected chi connectivity index (χ4v) is 4.39. The lowest BCUT2D eigenvalue weighted by atomic mass is 9.50. The summed E-state index contributed by atoms with van der Waals surface area (Å²) < 4.78 is 5.51. The molecule has 1 aromatic heterocycles. The van der Waals surface area contributed by atoms with Crippen LogP contribution in [0, 0.1) is 11.3 Å². The van der Waals surface area contributed by atoms with Crippen LogP contribution < -0.4 is 5.73 Å². The van der Waals surface area contributed by atoms with Crippen LogP contribution in [0.2, 0.25) is 0 Å². The Morgan fingerprint density at radius 1 is 1.35 bits per heavy atom. The number of aromatic nitrogens is 1. The smallest absolute Gasteiger partial charge is 0.145 e. The van der Waals surface area contributed by atoms with Crippen LogP contribution in [0.4, 0.5) is 0 Å². The second-order valence-electron chi connectivity index (χ2n) is 6.67. The molecule has 0 saturated heterocycles. The molecular weight excluding hydrogens is 212 g/mol. The zero-order valence-corrected chi connectivity index (χ0v) is 11.0. The average molecular weight is 234 g/mol. The highest BCUT2D eigenvalue weighted by atomic mass is 16.5. The Labute approximate surface area is 103 Å². The Kier molecular flexibility index (Phi) is 2.22.